The van der Waals surface area contributed by atoms with Crippen LogP contribution in [0.3, 0.4) is 0 Å². The van der Waals surface area contributed by atoms with Crippen LogP contribution in [0.4, 0.5) is 10.1 Å². The largest absolute Gasteiger partial charge is 0.457 e. The number of hydrogen-bond acceptors (Lipinski definition) is 4. The number of nitrogens with zero attached hydrogens (tertiary/aromatic N) is 2. The Morgan fingerprint density at radius 1 is 0.971 bits per heavy atom. The fourth-order valence-corrected chi connectivity index (χ4v) is 5.12. The van der Waals surface area contributed by atoms with Crippen molar-refractivity contribution in [3.05, 3.63) is 89.2 Å². The Kier molecular flexibility index (Phi) is 7.32. The highest BCUT2D eigenvalue weighted by Gasteiger charge is 2.38. The third kappa shape index (κ3) is 5.67. The summed E-state index contributed by atoms with van der Waals surface area (Å²) < 4.78 is 25.7. The van der Waals surface area contributed by atoms with Crippen molar-refractivity contribution in [2.45, 2.75) is 18.9 Å². The molecule has 2 saturated heterocycles. The Morgan fingerprint density at radius 3 is 2.34 bits per heavy atom. The van der Waals surface area contributed by atoms with E-state index in [9.17, 15) is 9.18 Å². The molecule has 7 heteroatoms. The molecule has 3 aromatic rings. The summed E-state index contributed by atoms with van der Waals surface area (Å²) in [6.45, 7) is 4.02. The lowest BCUT2D eigenvalue weighted by molar-refractivity contribution is -0.121. The molecular formula is C28H28ClFN2O3. The maximum absolute atomic E-state index is 14.3. The summed E-state index contributed by atoms with van der Waals surface area (Å²) >= 11 is 5.96. The second-order valence-electron chi connectivity index (χ2n) is 9.03. The Morgan fingerprint density at radius 2 is 1.66 bits per heavy atom. The molecule has 5 nitrogen and oxygen atoms in total. The summed E-state index contributed by atoms with van der Waals surface area (Å²) in [5.74, 6) is 1.27. The Labute approximate surface area is 210 Å². The number of amides is 1. The van der Waals surface area contributed by atoms with Crippen molar-refractivity contribution >= 4 is 23.2 Å². The third-order valence-corrected chi connectivity index (χ3v) is 6.93. The van der Waals surface area contributed by atoms with Crippen LogP contribution < -0.4 is 9.64 Å². The molecule has 5 rings (SSSR count). The minimum atomic E-state index is -0.294. The van der Waals surface area contributed by atoms with Crippen molar-refractivity contribution in [3.63, 3.8) is 0 Å². The molecule has 3 aromatic carbocycles. The Balaban J connectivity index is 1.43. The maximum atomic E-state index is 14.3. The minimum absolute atomic E-state index is 0.0452. The van der Waals surface area contributed by atoms with Gasteiger partial charge in [0.2, 0.25) is 5.91 Å². The molecule has 0 radical (unpaired) electrons. The maximum Gasteiger partial charge on any atom is 0.227 e. The second-order valence-corrected chi connectivity index (χ2v) is 9.46. The fourth-order valence-electron chi connectivity index (χ4n) is 4.99. The van der Waals surface area contributed by atoms with Crippen LogP contribution >= 0.6 is 11.6 Å². The lowest BCUT2D eigenvalue weighted by atomic mass is 9.83. The molecule has 0 N–H and O–H groups in total. The van der Waals surface area contributed by atoms with Crippen molar-refractivity contribution < 1.29 is 18.7 Å². The number of carbonyl (C=O) groups is 1. The smallest absolute Gasteiger partial charge is 0.227 e. The number of halogens is 2. The molecule has 2 aliphatic heterocycles. The quantitative estimate of drug-likeness (QED) is 0.416. The van der Waals surface area contributed by atoms with Gasteiger partial charge in [-0.05, 0) is 78.6 Å². The monoisotopic (exact) mass is 494 g/mol. The van der Waals surface area contributed by atoms with E-state index >= 15 is 0 Å². The molecule has 2 aliphatic rings. The van der Waals surface area contributed by atoms with Gasteiger partial charge in [-0.15, -0.1) is 0 Å². The summed E-state index contributed by atoms with van der Waals surface area (Å²) in [5, 5.41) is 0.645. The van der Waals surface area contributed by atoms with Gasteiger partial charge in [0.1, 0.15) is 17.3 Å². The lowest BCUT2D eigenvalue weighted by Crippen LogP contribution is -2.48. The van der Waals surface area contributed by atoms with Gasteiger partial charge in [0.25, 0.3) is 0 Å². The van der Waals surface area contributed by atoms with Gasteiger partial charge in [-0.1, -0.05) is 23.7 Å². The predicted molar refractivity (Wildman–Crippen MR) is 135 cm³/mol. The number of rotatable bonds is 6. The summed E-state index contributed by atoms with van der Waals surface area (Å²) in [4.78, 5) is 17.5. The van der Waals surface area contributed by atoms with Crippen LogP contribution in [0.5, 0.6) is 11.5 Å². The molecule has 0 aliphatic carbocycles. The van der Waals surface area contributed by atoms with Gasteiger partial charge in [-0.2, -0.15) is 0 Å². The van der Waals surface area contributed by atoms with Crippen LogP contribution in [-0.2, 0) is 9.53 Å². The van der Waals surface area contributed by atoms with E-state index in [0.717, 1.165) is 50.5 Å². The van der Waals surface area contributed by atoms with Crippen molar-refractivity contribution in [2.75, 3.05) is 37.7 Å². The molecule has 182 valence electrons. The van der Waals surface area contributed by atoms with Crippen LogP contribution in [0.15, 0.2) is 72.8 Å². The summed E-state index contributed by atoms with van der Waals surface area (Å²) in [6.07, 6.45) is 1.23. The first-order valence-corrected chi connectivity index (χ1v) is 12.4. The van der Waals surface area contributed by atoms with Crippen LogP contribution in [0, 0.1) is 11.7 Å². The van der Waals surface area contributed by atoms with Crippen LogP contribution in [0.25, 0.3) is 0 Å². The summed E-state index contributed by atoms with van der Waals surface area (Å²) in [6, 6.07) is 21.0. The topological polar surface area (TPSA) is 42.0 Å². The van der Waals surface area contributed by atoms with E-state index in [2.05, 4.69) is 4.90 Å². The van der Waals surface area contributed by atoms with Gasteiger partial charge in [-0.3, -0.25) is 9.69 Å². The van der Waals surface area contributed by atoms with E-state index < -0.39 is 0 Å². The van der Waals surface area contributed by atoms with E-state index in [1.807, 2.05) is 35.2 Å². The zero-order valence-electron chi connectivity index (χ0n) is 19.4. The first kappa shape index (κ1) is 23.8. The molecule has 1 amide bonds. The van der Waals surface area contributed by atoms with E-state index in [4.69, 9.17) is 21.1 Å². The SMILES string of the molecule is O=C1CC[C@@H](CN2CCOCC2)[C@H](c2cccc(F)c2)N1c1ccc(Oc2ccc(Cl)cc2)cc1. The average Bonchev–Trinajstić information content (AvgIpc) is 2.87. The highest BCUT2D eigenvalue weighted by molar-refractivity contribution is 6.30. The zero-order chi connectivity index (χ0) is 24.2. The highest BCUT2D eigenvalue weighted by Crippen LogP contribution is 2.41. The first-order valence-electron chi connectivity index (χ1n) is 12.0. The Hall–Kier alpha value is -2.93. The standard InChI is InChI=1S/C28H28ClFN2O3/c29-22-5-9-25(10-6-22)35-26-11-7-24(8-12-26)32-27(33)13-4-21(19-31-14-16-34-17-15-31)28(32)20-2-1-3-23(30)18-20/h1-3,5-12,18,21,28H,4,13-17,19H2/t21-,28-/m0/s1. The molecule has 35 heavy (non-hydrogen) atoms. The molecule has 0 bridgehead atoms. The number of morpholine rings is 1. The van der Waals surface area contributed by atoms with E-state index in [1.165, 1.54) is 6.07 Å². The average molecular weight is 495 g/mol. The van der Waals surface area contributed by atoms with Crippen molar-refractivity contribution in [2.24, 2.45) is 5.92 Å². The second kappa shape index (κ2) is 10.8. The van der Waals surface area contributed by atoms with Crippen LogP contribution in [0.1, 0.15) is 24.4 Å². The number of anilines is 1. The Bertz CT molecular complexity index is 1150. The molecule has 2 atom stereocenters. The number of hydrogen-bond donors (Lipinski definition) is 0. The summed E-state index contributed by atoms with van der Waals surface area (Å²) in [5.41, 5.74) is 1.59. The lowest BCUT2D eigenvalue weighted by Gasteiger charge is -2.43. The van der Waals surface area contributed by atoms with E-state index in [1.54, 1.807) is 36.4 Å². The molecule has 2 fully saturated rings. The van der Waals surface area contributed by atoms with Gasteiger partial charge < -0.3 is 14.4 Å². The molecular weight excluding hydrogens is 467 g/mol. The van der Waals surface area contributed by atoms with E-state index in [-0.39, 0.29) is 23.7 Å². The molecule has 2 heterocycles. The normalized spacial score (nSPS) is 21.2. The van der Waals surface area contributed by atoms with E-state index in [0.29, 0.717) is 22.9 Å². The van der Waals surface area contributed by atoms with Crippen molar-refractivity contribution in [1.29, 1.82) is 0 Å². The molecule has 0 spiro atoms. The molecule has 0 aromatic heterocycles. The van der Waals surface area contributed by atoms with Gasteiger partial charge in [0, 0.05) is 36.8 Å². The van der Waals surface area contributed by atoms with Gasteiger partial charge in [0.05, 0.1) is 19.3 Å². The van der Waals surface area contributed by atoms with Crippen LogP contribution in [0.2, 0.25) is 5.02 Å². The van der Waals surface area contributed by atoms with Crippen molar-refractivity contribution in [1.82, 2.24) is 4.90 Å². The van der Waals surface area contributed by atoms with Crippen LogP contribution in [-0.4, -0.2) is 43.7 Å². The minimum Gasteiger partial charge on any atom is -0.457 e. The predicted octanol–water partition coefficient (Wildman–Crippen LogP) is 6.09. The third-order valence-electron chi connectivity index (χ3n) is 6.67. The number of piperidine rings is 1. The van der Waals surface area contributed by atoms with Gasteiger partial charge >= 0.3 is 0 Å². The number of carbonyl (C=O) groups excluding carboxylic acids is 1. The van der Waals surface area contributed by atoms with Gasteiger partial charge in [-0.25, -0.2) is 4.39 Å². The first-order chi connectivity index (χ1) is 17.1. The van der Waals surface area contributed by atoms with Crippen molar-refractivity contribution in [3.8, 4) is 11.5 Å². The van der Waals surface area contributed by atoms with Gasteiger partial charge in [0.15, 0.2) is 0 Å². The fraction of sp³-hybridized carbons (Fsp3) is 0.321. The zero-order valence-corrected chi connectivity index (χ0v) is 20.2. The number of ether oxygens (including phenoxy) is 2. The highest BCUT2D eigenvalue weighted by atomic mass is 35.5. The summed E-state index contributed by atoms with van der Waals surface area (Å²) in [7, 11) is 0. The molecule has 0 unspecified atom stereocenters. The number of benzene rings is 3. The molecule has 0 saturated carbocycles.